The van der Waals surface area contributed by atoms with E-state index in [9.17, 15) is 0 Å². The summed E-state index contributed by atoms with van der Waals surface area (Å²) < 4.78 is 1.29. The van der Waals surface area contributed by atoms with Crippen LogP contribution < -0.4 is 5.32 Å². The summed E-state index contributed by atoms with van der Waals surface area (Å²) in [5.41, 5.74) is 3.45. The Morgan fingerprint density at radius 3 is 2.44 bits per heavy atom. The molecule has 0 aromatic heterocycles. The van der Waals surface area contributed by atoms with E-state index >= 15 is 0 Å². The molecule has 81 valence electrons. The minimum Gasteiger partial charge on any atom is -0.381 e. The van der Waals surface area contributed by atoms with Crippen LogP contribution in [0.3, 0.4) is 0 Å². The molecule has 0 aliphatic carbocycles. The van der Waals surface area contributed by atoms with Crippen molar-refractivity contribution in [2.75, 3.05) is 5.32 Å². The second-order valence-electron chi connectivity index (χ2n) is 3.60. The molecule has 0 fully saturated rings. The van der Waals surface area contributed by atoms with Crippen molar-refractivity contribution in [2.24, 2.45) is 0 Å². The van der Waals surface area contributed by atoms with Crippen LogP contribution in [-0.2, 0) is 6.54 Å². The van der Waals surface area contributed by atoms with Crippen molar-refractivity contribution in [1.82, 2.24) is 0 Å². The SMILES string of the molecule is [CH2]c1ccccc1NCc1ccccc1I. The van der Waals surface area contributed by atoms with Gasteiger partial charge in [-0.2, -0.15) is 0 Å². The van der Waals surface area contributed by atoms with Crippen LogP contribution in [0.4, 0.5) is 5.69 Å². The first-order chi connectivity index (χ1) is 7.77. The van der Waals surface area contributed by atoms with Crippen LogP contribution in [-0.4, -0.2) is 0 Å². The normalized spacial score (nSPS) is 10.1. The van der Waals surface area contributed by atoms with Gasteiger partial charge in [0.25, 0.3) is 0 Å². The smallest absolute Gasteiger partial charge is 0.0411 e. The van der Waals surface area contributed by atoms with Crippen LogP contribution in [0.25, 0.3) is 0 Å². The summed E-state index contributed by atoms with van der Waals surface area (Å²) in [5, 5.41) is 3.40. The van der Waals surface area contributed by atoms with Gasteiger partial charge in [0.1, 0.15) is 0 Å². The van der Waals surface area contributed by atoms with E-state index in [1.54, 1.807) is 0 Å². The molecule has 0 bridgehead atoms. The zero-order valence-electron chi connectivity index (χ0n) is 8.91. The summed E-state index contributed by atoms with van der Waals surface area (Å²) in [7, 11) is 0. The van der Waals surface area contributed by atoms with E-state index in [1.165, 1.54) is 9.13 Å². The van der Waals surface area contributed by atoms with Gasteiger partial charge >= 0.3 is 0 Å². The average molecular weight is 322 g/mol. The third kappa shape index (κ3) is 2.76. The number of rotatable bonds is 3. The molecule has 0 amide bonds. The van der Waals surface area contributed by atoms with Gasteiger partial charge < -0.3 is 5.32 Å². The van der Waals surface area contributed by atoms with Gasteiger partial charge in [0.2, 0.25) is 0 Å². The highest BCUT2D eigenvalue weighted by Gasteiger charge is 1.99. The first-order valence-electron chi connectivity index (χ1n) is 5.15. The Balaban J connectivity index is 2.09. The largest absolute Gasteiger partial charge is 0.381 e. The van der Waals surface area contributed by atoms with Gasteiger partial charge in [-0.05, 0) is 52.8 Å². The van der Waals surface area contributed by atoms with Crippen LogP contribution in [0.15, 0.2) is 48.5 Å². The van der Waals surface area contributed by atoms with Crippen molar-refractivity contribution in [1.29, 1.82) is 0 Å². The third-order valence-corrected chi connectivity index (χ3v) is 3.50. The number of anilines is 1. The molecule has 1 nitrogen and oxygen atoms in total. The topological polar surface area (TPSA) is 12.0 Å². The minimum atomic E-state index is 0.839. The molecule has 0 heterocycles. The fourth-order valence-electron chi connectivity index (χ4n) is 1.52. The highest BCUT2D eigenvalue weighted by molar-refractivity contribution is 14.1. The monoisotopic (exact) mass is 322 g/mol. The van der Waals surface area contributed by atoms with Crippen molar-refractivity contribution < 1.29 is 0 Å². The van der Waals surface area contributed by atoms with E-state index in [4.69, 9.17) is 0 Å². The lowest BCUT2D eigenvalue weighted by molar-refractivity contribution is 1.13. The molecule has 0 saturated heterocycles. The van der Waals surface area contributed by atoms with Crippen LogP contribution >= 0.6 is 22.6 Å². The molecule has 2 rings (SSSR count). The fourth-order valence-corrected chi connectivity index (χ4v) is 2.10. The zero-order valence-corrected chi connectivity index (χ0v) is 11.1. The van der Waals surface area contributed by atoms with Gasteiger partial charge in [-0.15, -0.1) is 0 Å². The molecule has 0 spiro atoms. The summed E-state index contributed by atoms with van der Waals surface area (Å²) in [6.45, 7) is 4.83. The predicted octanol–water partition coefficient (Wildman–Crippen LogP) is 4.09. The average Bonchev–Trinajstić information content (AvgIpc) is 2.30. The number of para-hydroxylation sites is 1. The van der Waals surface area contributed by atoms with Crippen molar-refractivity contribution in [3.05, 3.63) is 70.2 Å². The molecule has 1 N–H and O–H groups in total. The summed E-state index contributed by atoms with van der Waals surface area (Å²) in [4.78, 5) is 0. The molecule has 0 aliphatic heterocycles. The molecule has 0 saturated carbocycles. The second-order valence-corrected chi connectivity index (χ2v) is 4.76. The summed E-state index contributed by atoms with van der Waals surface area (Å²) in [6.07, 6.45) is 0. The Hall–Kier alpha value is -1.03. The molecular weight excluding hydrogens is 309 g/mol. The predicted molar refractivity (Wildman–Crippen MR) is 77.4 cm³/mol. The van der Waals surface area contributed by atoms with Crippen LogP contribution in [0, 0.1) is 10.5 Å². The van der Waals surface area contributed by atoms with Gasteiger partial charge in [0.05, 0.1) is 0 Å². The molecule has 2 heteroatoms. The second kappa shape index (κ2) is 5.34. The van der Waals surface area contributed by atoms with Crippen molar-refractivity contribution in [2.45, 2.75) is 6.54 Å². The van der Waals surface area contributed by atoms with Gasteiger partial charge in [-0.25, -0.2) is 0 Å². The maximum Gasteiger partial charge on any atom is 0.0411 e. The van der Waals surface area contributed by atoms with E-state index in [1.807, 2.05) is 18.2 Å². The van der Waals surface area contributed by atoms with Gasteiger partial charge in [-0.1, -0.05) is 36.4 Å². The fraction of sp³-hybridized carbons (Fsp3) is 0.0714. The van der Waals surface area contributed by atoms with Gasteiger partial charge in [0.15, 0.2) is 0 Å². The number of halogens is 1. The standard InChI is InChI=1S/C14H13IN/c1-11-6-2-5-9-14(11)16-10-12-7-3-4-8-13(12)15/h2-9,16H,1,10H2. The number of hydrogen-bond donors (Lipinski definition) is 1. The Labute approximate surface area is 110 Å². The van der Waals surface area contributed by atoms with E-state index in [-0.39, 0.29) is 0 Å². The highest BCUT2D eigenvalue weighted by atomic mass is 127. The molecular formula is C14H13IN. The highest BCUT2D eigenvalue weighted by Crippen LogP contribution is 2.17. The third-order valence-electron chi connectivity index (χ3n) is 2.44. The van der Waals surface area contributed by atoms with E-state index < -0.39 is 0 Å². The summed E-state index contributed by atoms with van der Waals surface area (Å²) in [6, 6.07) is 16.5. The Morgan fingerprint density at radius 2 is 1.69 bits per heavy atom. The summed E-state index contributed by atoms with van der Waals surface area (Å²) in [5.74, 6) is 0. The minimum absolute atomic E-state index is 0.839. The molecule has 0 unspecified atom stereocenters. The van der Waals surface area contributed by atoms with Crippen LogP contribution in [0.2, 0.25) is 0 Å². The van der Waals surface area contributed by atoms with Crippen molar-refractivity contribution in [3.8, 4) is 0 Å². The quantitative estimate of drug-likeness (QED) is 0.840. The molecule has 0 atom stereocenters. The lowest BCUT2D eigenvalue weighted by atomic mass is 10.2. The summed E-state index contributed by atoms with van der Waals surface area (Å²) >= 11 is 2.36. The van der Waals surface area contributed by atoms with Crippen LogP contribution in [0.1, 0.15) is 11.1 Å². The molecule has 2 aromatic carbocycles. The van der Waals surface area contributed by atoms with Crippen LogP contribution in [0.5, 0.6) is 0 Å². The molecule has 16 heavy (non-hydrogen) atoms. The first kappa shape index (κ1) is 11.5. The Morgan fingerprint density at radius 1 is 1.00 bits per heavy atom. The van der Waals surface area contributed by atoms with E-state index in [0.717, 1.165) is 17.8 Å². The molecule has 0 aliphatic rings. The van der Waals surface area contributed by atoms with E-state index in [2.05, 4.69) is 65.2 Å². The Kier molecular flexibility index (Phi) is 3.83. The molecule has 1 radical (unpaired) electrons. The molecule has 2 aromatic rings. The van der Waals surface area contributed by atoms with Crippen molar-refractivity contribution >= 4 is 28.3 Å². The maximum atomic E-state index is 3.99. The van der Waals surface area contributed by atoms with Gasteiger partial charge in [-0.3, -0.25) is 0 Å². The van der Waals surface area contributed by atoms with E-state index in [0.29, 0.717) is 0 Å². The number of hydrogen-bond acceptors (Lipinski definition) is 1. The lowest BCUT2D eigenvalue weighted by Crippen LogP contribution is -2.02. The number of nitrogens with one attached hydrogen (secondary N) is 1. The zero-order chi connectivity index (χ0) is 11.4. The number of benzene rings is 2. The lowest BCUT2D eigenvalue weighted by Gasteiger charge is -2.10. The first-order valence-corrected chi connectivity index (χ1v) is 6.23. The van der Waals surface area contributed by atoms with Crippen molar-refractivity contribution in [3.63, 3.8) is 0 Å². The Bertz CT molecular complexity index is 434. The maximum absolute atomic E-state index is 3.99. The van der Waals surface area contributed by atoms with Gasteiger partial charge in [0, 0.05) is 15.8 Å².